The number of nitrogens with one attached hydrogen (secondary N) is 1. The Labute approximate surface area is 201 Å². The van der Waals surface area contributed by atoms with Gasteiger partial charge in [-0.1, -0.05) is 79.6 Å². The lowest BCUT2D eigenvalue weighted by molar-refractivity contribution is -0.122. The third-order valence-electron chi connectivity index (χ3n) is 6.05. The average molecular weight is 477 g/mol. The molecule has 5 rings (SSSR count). The zero-order valence-corrected chi connectivity index (χ0v) is 19.7. The van der Waals surface area contributed by atoms with Gasteiger partial charge in [-0.3, -0.25) is 18.9 Å². The van der Waals surface area contributed by atoms with Gasteiger partial charge in [-0.05, 0) is 36.6 Å². The van der Waals surface area contributed by atoms with Crippen molar-refractivity contribution in [3.8, 4) is 0 Å². The Morgan fingerprint density at radius 2 is 1.82 bits per heavy atom. The maximum Gasteiger partial charge on any atom is 0.267 e. The molecule has 2 fully saturated rings. The number of amides is 1. The highest BCUT2D eigenvalue weighted by Gasteiger charge is 2.32. The van der Waals surface area contributed by atoms with Crippen molar-refractivity contribution in [2.24, 2.45) is 0 Å². The summed E-state index contributed by atoms with van der Waals surface area (Å²) >= 11 is 6.73. The van der Waals surface area contributed by atoms with Gasteiger partial charge in [0.25, 0.3) is 11.5 Å². The molecule has 168 valence electrons. The van der Waals surface area contributed by atoms with E-state index in [1.807, 2.05) is 42.5 Å². The molecular formula is C25H24N4O2S2. The Balaban J connectivity index is 1.52. The minimum absolute atomic E-state index is 0.185. The van der Waals surface area contributed by atoms with Crippen LogP contribution in [0.1, 0.15) is 43.2 Å². The van der Waals surface area contributed by atoms with Gasteiger partial charge in [0.15, 0.2) is 0 Å². The molecule has 8 heteroatoms. The minimum atomic E-state index is -0.202. The van der Waals surface area contributed by atoms with E-state index in [0.29, 0.717) is 32.8 Å². The average Bonchev–Trinajstić information content (AvgIpc) is 3.10. The van der Waals surface area contributed by atoms with E-state index >= 15 is 0 Å². The van der Waals surface area contributed by atoms with Gasteiger partial charge < -0.3 is 5.32 Å². The molecule has 1 N–H and O–H groups in total. The van der Waals surface area contributed by atoms with Gasteiger partial charge in [0.05, 0.1) is 17.0 Å². The Hall–Kier alpha value is -2.97. The lowest BCUT2D eigenvalue weighted by Crippen LogP contribution is -2.28. The van der Waals surface area contributed by atoms with Crippen LogP contribution in [0.3, 0.4) is 0 Å². The van der Waals surface area contributed by atoms with Crippen molar-refractivity contribution in [2.75, 3.05) is 5.32 Å². The quantitative estimate of drug-likeness (QED) is 0.420. The van der Waals surface area contributed by atoms with Crippen molar-refractivity contribution >= 4 is 51.7 Å². The predicted octanol–water partition coefficient (Wildman–Crippen LogP) is 4.84. The van der Waals surface area contributed by atoms with Gasteiger partial charge in [-0.25, -0.2) is 4.98 Å². The number of aromatic nitrogens is 2. The molecule has 0 bridgehead atoms. The number of carbonyl (C=O) groups excluding carboxylic acids is 1. The molecule has 6 nitrogen and oxygen atoms in total. The van der Waals surface area contributed by atoms with Crippen molar-refractivity contribution in [1.82, 2.24) is 14.3 Å². The van der Waals surface area contributed by atoms with E-state index < -0.39 is 0 Å². The van der Waals surface area contributed by atoms with E-state index in [-0.39, 0.29) is 17.5 Å². The third-order valence-corrected chi connectivity index (χ3v) is 7.43. The van der Waals surface area contributed by atoms with Crippen LogP contribution in [0.5, 0.6) is 0 Å². The van der Waals surface area contributed by atoms with Crippen molar-refractivity contribution in [3.63, 3.8) is 0 Å². The van der Waals surface area contributed by atoms with Gasteiger partial charge in [0.2, 0.25) is 0 Å². The summed E-state index contributed by atoms with van der Waals surface area (Å²) in [6, 6.07) is 15.5. The molecule has 1 saturated heterocycles. The molecule has 3 heterocycles. The van der Waals surface area contributed by atoms with Gasteiger partial charge in [-0.15, -0.1) is 0 Å². The number of anilines is 1. The summed E-state index contributed by atoms with van der Waals surface area (Å²) in [5, 5.41) is 3.50. The fraction of sp³-hybridized carbons (Fsp3) is 0.280. The first-order valence-electron chi connectivity index (χ1n) is 11.2. The second kappa shape index (κ2) is 9.49. The van der Waals surface area contributed by atoms with Crippen LogP contribution in [0.25, 0.3) is 11.7 Å². The lowest BCUT2D eigenvalue weighted by Gasteiger charge is -2.24. The first-order valence-corrected chi connectivity index (χ1v) is 12.4. The van der Waals surface area contributed by atoms with E-state index in [4.69, 9.17) is 17.2 Å². The van der Waals surface area contributed by atoms with Crippen LogP contribution in [0.4, 0.5) is 5.82 Å². The SMILES string of the molecule is O=C1C(=Cc2c(NC3CCCCC3)nc3ccccn3c2=O)SC(=S)N1Cc1ccccc1. The highest BCUT2D eigenvalue weighted by Crippen LogP contribution is 2.34. The highest BCUT2D eigenvalue weighted by molar-refractivity contribution is 8.26. The summed E-state index contributed by atoms with van der Waals surface area (Å²) < 4.78 is 2.01. The number of hydrogen-bond donors (Lipinski definition) is 1. The Morgan fingerprint density at radius 1 is 1.06 bits per heavy atom. The van der Waals surface area contributed by atoms with Crippen LogP contribution in [0.2, 0.25) is 0 Å². The number of carbonyl (C=O) groups is 1. The van der Waals surface area contributed by atoms with Crippen molar-refractivity contribution < 1.29 is 4.79 Å². The number of fused-ring (bicyclic) bond motifs is 1. The molecule has 33 heavy (non-hydrogen) atoms. The van der Waals surface area contributed by atoms with Crippen molar-refractivity contribution in [1.29, 1.82) is 0 Å². The van der Waals surface area contributed by atoms with Gasteiger partial charge in [0.1, 0.15) is 15.8 Å². The summed E-state index contributed by atoms with van der Waals surface area (Å²) in [6.45, 7) is 0.408. The zero-order chi connectivity index (χ0) is 22.8. The molecule has 1 aromatic carbocycles. The highest BCUT2D eigenvalue weighted by atomic mass is 32.2. The predicted molar refractivity (Wildman–Crippen MR) is 137 cm³/mol. The van der Waals surface area contributed by atoms with Gasteiger partial charge >= 0.3 is 0 Å². The number of thioether (sulfide) groups is 1. The second-order valence-corrected chi connectivity index (χ2v) is 10.0. The Bertz CT molecular complexity index is 1300. The van der Waals surface area contributed by atoms with Crippen LogP contribution < -0.4 is 10.9 Å². The number of nitrogens with zero attached hydrogens (tertiary/aromatic N) is 3. The fourth-order valence-electron chi connectivity index (χ4n) is 4.32. The topological polar surface area (TPSA) is 66.7 Å². The maximum absolute atomic E-state index is 13.4. The maximum atomic E-state index is 13.4. The number of hydrogen-bond acceptors (Lipinski definition) is 6. The van der Waals surface area contributed by atoms with E-state index in [1.54, 1.807) is 23.2 Å². The van der Waals surface area contributed by atoms with Crippen molar-refractivity contribution in [2.45, 2.75) is 44.7 Å². The van der Waals surface area contributed by atoms with E-state index in [0.717, 1.165) is 31.2 Å². The molecule has 1 aliphatic heterocycles. The molecule has 0 spiro atoms. The molecule has 2 aliphatic rings. The normalized spacial score (nSPS) is 18.4. The molecule has 1 saturated carbocycles. The molecule has 0 atom stereocenters. The van der Waals surface area contributed by atoms with Gasteiger partial charge in [-0.2, -0.15) is 0 Å². The zero-order valence-electron chi connectivity index (χ0n) is 18.1. The smallest absolute Gasteiger partial charge is 0.267 e. The van der Waals surface area contributed by atoms with Crippen LogP contribution in [0.15, 0.2) is 64.4 Å². The molecular weight excluding hydrogens is 452 g/mol. The summed E-state index contributed by atoms with van der Waals surface area (Å²) in [6.07, 6.45) is 9.03. The summed E-state index contributed by atoms with van der Waals surface area (Å²) in [4.78, 5) is 33.4. The van der Waals surface area contributed by atoms with Gasteiger partial charge in [0, 0.05) is 12.2 Å². The Kier molecular flexibility index (Phi) is 6.28. The van der Waals surface area contributed by atoms with Crippen LogP contribution in [-0.2, 0) is 11.3 Å². The Morgan fingerprint density at radius 3 is 2.61 bits per heavy atom. The number of benzene rings is 1. The number of thiocarbonyl (C=S) groups is 1. The molecule has 2 aromatic heterocycles. The van der Waals surface area contributed by atoms with Crippen molar-refractivity contribution in [3.05, 3.63) is 81.1 Å². The summed E-state index contributed by atoms with van der Waals surface area (Å²) in [5.74, 6) is 0.349. The molecule has 3 aromatic rings. The molecule has 0 unspecified atom stereocenters. The lowest BCUT2D eigenvalue weighted by atomic mass is 9.95. The summed E-state index contributed by atoms with van der Waals surface area (Å²) in [5.41, 5.74) is 1.77. The van der Waals surface area contributed by atoms with Crippen LogP contribution in [-0.4, -0.2) is 30.6 Å². The number of pyridine rings is 1. The first-order chi connectivity index (χ1) is 16.1. The van der Waals surface area contributed by atoms with E-state index in [1.165, 1.54) is 22.6 Å². The monoisotopic (exact) mass is 476 g/mol. The number of rotatable bonds is 5. The second-order valence-electron chi connectivity index (χ2n) is 8.34. The summed E-state index contributed by atoms with van der Waals surface area (Å²) in [7, 11) is 0. The van der Waals surface area contributed by atoms with Crippen LogP contribution in [0, 0.1) is 0 Å². The molecule has 0 radical (unpaired) electrons. The first kappa shape index (κ1) is 21.9. The molecule has 1 amide bonds. The van der Waals surface area contributed by atoms with E-state index in [2.05, 4.69) is 5.32 Å². The van der Waals surface area contributed by atoms with Crippen LogP contribution >= 0.6 is 24.0 Å². The fourth-order valence-corrected chi connectivity index (χ4v) is 5.55. The largest absolute Gasteiger partial charge is 0.367 e. The van der Waals surface area contributed by atoms with E-state index in [9.17, 15) is 9.59 Å². The third kappa shape index (κ3) is 4.58. The minimum Gasteiger partial charge on any atom is -0.367 e. The standard InChI is InChI=1S/C25H24N4O2S2/c30-23-19(15-20-24(31)29(25(32)33-20)16-17-9-3-1-4-10-17)22(26-18-11-5-2-6-12-18)27-21-13-7-8-14-28(21)23/h1,3-4,7-10,13-15,18,26H,2,5-6,11-12,16H2. The molecule has 1 aliphatic carbocycles.